The van der Waals surface area contributed by atoms with Crippen molar-refractivity contribution in [3.63, 3.8) is 0 Å². The Balaban J connectivity index is 4.32. The highest BCUT2D eigenvalue weighted by atomic mass is 19.4. The van der Waals surface area contributed by atoms with Crippen LogP contribution in [0.1, 0.15) is 20.3 Å². The molecule has 0 spiro atoms. The minimum absolute atomic E-state index is 0.438. The van der Waals surface area contributed by atoms with Gasteiger partial charge in [-0.2, -0.15) is 13.2 Å². The van der Waals surface area contributed by atoms with Crippen molar-refractivity contribution in [3.8, 4) is 0 Å². The zero-order valence-corrected chi connectivity index (χ0v) is 8.06. The third-order valence-corrected chi connectivity index (χ3v) is 1.84. The van der Waals surface area contributed by atoms with Crippen LogP contribution in [0.3, 0.4) is 0 Å². The molecule has 2 atom stereocenters. The molecule has 0 saturated carbocycles. The second kappa shape index (κ2) is 5.19. The highest BCUT2D eigenvalue weighted by Crippen LogP contribution is 2.29. The molecule has 0 aromatic heterocycles. The van der Waals surface area contributed by atoms with E-state index in [2.05, 4.69) is 5.32 Å². The Morgan fingerprint density at radius 3 is 2.29 bits per heavy atom. The number of alkyl halides is 3. The normalized spacial score (nSPS) is 16.4. The van der Waals surface area contributed by atoms with Crippen molar-refractivity contribution >= 4 is 5.97 Å². The first-order valence-electron chi connectivity index (χ1n) is 4.32. The van der Waals surface area contributed by atoms with Gasteiger partial charge in [-0.3, -0.25) is 4.79 Å². The van der Waals surface area contributed by atoms with Crippen LogP contribution >= 0.6 is 0 Å². The summed E-state index contributed by atoms with van der Waals surface area (Å²) >= 11 is 0. The van der Waals surface area contributed by atoms with Crippen LogP contribution in [0.2, 0.25) is 0 Å². The molecule has 0 saturated heterocycles. The number of aliphatic carboxylic acids is 1. The van der Waals surface area contributed by atoms with Crippen molar-refractivity contribution in [2.24, 2.45) is 5.92 Å². The minimum Gasteiger partial charge on any atom is -0.481 e. The average Bonchev–Trinajstić information content (AvgIpc) is 1.98. The van der Waals surface area contributed by atoms with Gasteiger partial charge in [0.05, 0.1) is 0 Å². The van der Waals surface area contributed by atoms with E-state index in [1.165, 1.54) is 6.92 Å². The molecule has 6 heteroatoms. The Bertz CT molecular complexity index is 194. The fraction of sp³-hybridized carbons (Fsp3) is 0.875. The summed E-state index contributed by atoms with van der Waals surface area (Å²) in [5.41, 5.74) is 0. The van der Waals surface area contributed by atoms with E-state index in [1.807, 2.05) is 0 Å². The number of nitrogens with one attached hydrogen (secondary N) is 1. The summed E-state index contributed by atoms with van der Waals surface area (Å²) in [5, 5.41) is 11.1. The standard InChI is InChI=1S/C8H14F3NO2/c1-3-12-5(2)4-6(7(13)14)8(9,10)11/h5-6,12H,3-4H2,1-2H3,(H,13,14)/t5-,6-/m1/s1. The second-order valence-electron chi connectivity index (χ2n) is 3.13. The first-order valence-corrected chi connectivity index (χ1v) is 4.32. The van der Waals surface area contributed by atoms with Crippen molar-refractivity contribution < 1.29 is 23.1 Å². The van der Waals surface area contributed by atoms with Gasteiger partial charge >= 0.3 is 12.1 Å². The molecule has 0 amide bonds. The lowest BCUT2D eigenvalue weighted by Gasteiger charge is -2.20. The van der Waals surface area contributed by atoms with E-state index in [1.54, 1.807) is 6.92 Å². The maximum Gasteiger partial charge on any atom is 0.402 e. The molecule has 14 heavy (non-hydrogen) atoms. The summed E-state index contributed by atoms with van der Waals surface area (Å²) in [5.74, 6) is -4.10. The topological polar surface area (TPSA) is 49.3 Å². The van der Waals surface area contributed by atoms with E-state index in [4.69, 9.17) is 5.11 Å². The SMILES string of the molecule is CCN[C@H](C)C[C@H](C(=O)O)C(F)(F)F. The van der Waals surface area contributed by atoms with Crippen molar-refractivity contribution in [2.45, 2.75) is 32.5 Å². The van der Waals surface area contributed by atoms with E-state index in [0.29, 0.717) is 6.54 Å². The molecule has 84 valence electrons. The Morgan fingerprint density at radius 1 is 1.50 bits per heavy atom. The van der Waals surface area contributed by atoms with Crippen LogP contribution in [0.4, 0.5) is 13.2 Å². The number of rotatable bonds is 5. The molecule has 0 aliphatic carbocycles. The molecule has 0 fully saturated rings. The number of carbonyl (C=O) groups is 1. The first kappa shape index (κ1) is 13.2. The molecule has 0 aliphatic heterocycles. The molecule has 0 rings (SSSR count). The Labute approximate surface area is 80.3 Å². The second-order valence-corrected chi connectivity index (χ2v) is 3.13. The Kier molecular flexibility index (Phi) is 4.90. The molecule has 0 aliphatic rings. The maximum absolute atomic E-state index is 12.2. The van der Waals surface area contributed by atoms with E-state index < -0.39 is 30.5 Å². The molecule has 0 bridgehead atoms. The largest absolute Gasteiger partial charge is 0.481 e. The predicted octanol–water partition coefficient (Wildman–Crippen LogP) is 1.64. The predicted molar refractivity (Wildman–Crippen MR) is 44.9 cm³/mol. The van der Waals surface area contributed by atoms with Crippen molar-refractivity contribution in [1.82, 2.24) is 5.32 Å². The average molecular weight is 213 g/mol. The van der Waals surface area contributed by atoms with Gasteiger partial charge in [-0.1, -0.05) is 6.92 Å². The van der Waals surface area contributed by atoms with Gasteiger partial charge in [0, 0.05) is 6.04 Å². The van der Waals surface area contributed by atoms with Gasteiger partial charge in [0.1, 0.15) is 0 Å². The molecule has 0 aromatic rings. The van der Waals surface area contributed by atoms with E-state index in [9.17, 15) is 18.0 Å². The number of hydrogen-bond acceptors (Lipinski definition) is 2. The van der Waals surface area contributed by atoms with Crippen molar-refractivity contribution in [1.29, 1.82) is 0 Å². The van der Waals surface area contributed by atoms with E-state index in [0.717, 1.165) is 0 Å². The monoisotopic (exact) mass is 213 g/mol. The van der Waals surface area contributed by atoms with Crippen LogP contribution in [0.25, 0.3) is 0 Å². The van der Waals surface area contributed by atoms with Gasteiger partial charge in [-0.05, 0) is 19.9 Å². The third kappa shape index (κ3) is 4.45. The highest BCUT2D eigenvalue weighted by molar-refractivity contribution is 5.70. The maximum atomic E-state index is 12.2. The molecular formula is C8H14F3NO2. The van der Waals surface area contributed by atoms with Crippen molar-refractivity contribution in [3.05, 3.63) is 0 Å². The highest BCUT2D eigenvalue weighted by Gasteiger charge is 2.45. The lowest BCUT2D eigenvalue weighted by Crippen LogP contribution is -2.37. The fourth-order valence-corrected chi connectivity index (χ4v) is 1.16. The summed E-state index contributed by atoms with van der Waals surface area (Å²) < 4.78 is 36.5. The lowest BCUT2D eigenvalue weighted by molar-refractivity contribution is -0.195. The zero-order chi connectivity index (χ0) is 11.4. The van der Waals surface area contributed by atoms with Crippen LogP contribution in [-0.4, -0.2) is 29.8 Å². The number of halogens is 3. The van der Waals surface area contributed by atoms with Gasteiger partial charge in [0.2, 0.25) is 0 Å². The van der Waals surface area contributed by atoms with Crippen LogP contribution in [-0.2, 0) is 4.79 Å². The fourth-order valence-electron chi connectivity index (χ4n) is 1.16. The van der Waals surface area contributed by atoms with Gasteiger partial charge in [-0.15, -0.1) is 0 Å². The first-order chi connectivity index (χ1) is 6.29. The smallest absolute Gasteiger partial charge is 0.402 e. The summed E-state index contributed by atoms with van der Waals surface area (Å²) in [7, 11) is 0. The van der Waals surface area contributed by atoms with Crippen molar-refractivity contribution in [2.75, 3.05) is 6.54 Å². The minimum atomic E-state index is -4.67. The molecule has 3 nitrogen and oxygen atoms in total. The summed E-state index contributed by atoms with van der Waals surface area (Å²) in [6.07, 6.45) is -5.11. The van der Waals surface area contributed by atoms with Gasteiger partial charge in [-0.25, -0.2) is 0 Å². The molecular weight excluding hydrogens is 199 g/mol. The summed E-state index contributed by atoms with van der Waals surface area (Å²) in [6, 6.07) is -0.456. The molecule has 0 aromatic carbocycles. The van der Waals surface area contributed by atoms with Gasteiger partial charge in [0.25, 0.3) is 0 Å². The quantitative estimate of drug-likeness (QED) is 0.729. The van der Waals surface area contributed by atoms with Crippen LogP contribution < -0.4 is 5.32 Å². The molecule has 0 unspecified atom stereocenters. The molecule has 0 radical (unpaired) electrons. The summed E-state index contributed by atoms with van der Waals surface area (Å²) in [4.78, 5) is 10.3. The Morgan fingerprint density at radius 2 is 2.00 bits per heavy atom. The number of carboxylic acids is 1. The van der Waals surface area contributed by atoms with E-state index >= 15 is 0 Å². The van der Waals surface area contributed by atoms with Crippen LogP contribution in [0.5, 0.6) is 0 Å². The van der Waals surface area contributed by atoms with Gasteiger partial charge in [0.15, 0.2) is 5.92 Å². The molecule has 2 N–H and O–H groups in total. The molecule has 0 heterocycles. The Hall–Kier alpha value is -0.780. The zero-order valence-electron chi connectivity index (χ0n) is 8.06. The third-order valence-electron chi connectivity index (χ3n) is 1.84. The van der Waals surface area contributed by atoms with E-state index in [-0.39, 0.29) is 0 Å². The summed E-state index contributed by atoms with van der Waals surface area (Å²) in [6.45, 7) is 3.80. The van der Waals surface area contributed by atoms with Crippen LogP contribution in [0, 0.1) is 5.92 Å². The lowest BCUT2D eigenvalue weighted by atomic mass is 10.0. The van der Waals surface area contributed by atoms with Crippen LogP contribution in [0.15, 0.2) is 0 Å². The number of carboxylic acid groups (broad SMARTS) is 1. The van der Waals surface area contributed by atoms with Gasteiger partial charge < -0.3 is 10.4 Å². The number of hydrogen-bond donors (Lipinski definition) is 2.